The van der Waals surface area contributed by atoms with Gasteiger partial charge in [0.2, 0.25) is 0 Å². The van der Waals surface area contributed by atoms with Gasteiger partial charge in [0.05, 0.1) is 23.8 Å². The number of urea groups is 1. The van der Waals surface area contributed by atoms with Gasteiger partial charge in [0.1, 0.15) is 0 Å². The number of nitrogens with one attached hydrogen (secondary N) is 2. The molecule has 104 valence electrons. The summed E-state index contributed by atoms with van der Waals surface area (Å²) in [6, 6.07) is 8.28. The van der Waals surface area contributed by atoms with E-state index in [0.717, 1.165) is 6.42 Å². The fourth-order valence-electron chi connectivity index (χ4n) is 2.91. The minimum atomic E-state index is -0.325. The van der Waals surface area contributed by atoms with Crippen LogP contribution in [0.25, 0.3) is 0 Å². The first-order valence-electron chi connectivity index (χ1n) is 6.64. The van der Waals surface area contributed by atoms with Crippen LogP contribution in [0.1, 0.15) is 12.0 Å². The number of hydrogen-bond donors (Lipinski definition) is 3. The van der Waals surface area contributed by atoms with Gasteiger partial charge < -0.3 is 21.1 Å². The predicted octanol–water partition coefficient (Wildman–Crippen LogP) is 0.794. The minimum absolute atomic E-state index is 0.0428. The molecule has 0 spiro atoms. The Bertz CT molecular complexity index is 569. The van der Waals surface area contributed by atoms with Crippen molar-refractivity contribution < 1.29 is 9.53 Å². The molecule has 4 unspecified atom stereocenters. The molecule has 0 aromatic heterocycles. The van der Waals surface area contributed by atoms with Crippen molar-refractivity contribution in [1.82, 2.24) is 5.32 Å². The summed E-state index contributed by atoms with van der Waals surface area (Å²) in [5.41, 5.74) is 7.11. The average Bonchev–Trinajstić information content (AvgIpc) is 2.90. The molecule has 20 heavy (non-hydrogen) atoms. The van der Waals surface area contributed by atoms with Gasteiger partial charge in [0.25, 0.3) is 0 Å². The molecule has 1 aromatic rings. The number of fused-ring (bicyclic) bond motifs is 1. The Hall–Kier alpha value is -2.10. The number of ether oxygens (including phenoxy) is 1. The van der Waals surface area contributed by atoms with E-state index >= 15 is 0 Å². The molecule has 6 heteroatoms. The number of anilines is 1. The highest BCUT2D eigenvalue weighted by Gasteiger charge is 2.52. The lowest BCUT2D eigenvalue weighted by atomic mass is 9.72. The standard InChI is InChI=1S/C14H16N4O2/c15-7-8-2-1-3-9(6-8)17-14(19)18-12-11(16)10-4-5-20-13(10)12/h1-3,6,10-13H,4-5,16H2,(H2,17,18,19). The number of nitrogens with zero attached hydrogens (tertiary/aromatic N) is 1. The molecule has 1 aliphatic heterocycles. The zero-order valence-electron chi connectivity index (χ0n) is 10.9. The Morgan fingerprint density at radius 3 is 3.15 bits per heavy atom. The van der Waals surface area contributed by atoms with E-state index in [1.165, 1.54) is 0 Å². The van der Waals surface area contributed by atoms with Gasteiger partial charge in [-0.2, -0.15) is 5.26 Å². The summed E-state index contributed by atoms with van der Waals surface area (Å²) in [6.07, 6.45) is 1.01. The van der Waals surface area contributed by atoms with Crippen LogP contribution in [0.3, 0.4) is 0 Å². The van der Waals surface area contributed by atoms with Gasteiger partial charge >= 0.3 is 6.03 Å². The first-order chi connectivity index (χ1) is 9.69. The van der Waals surface area contributed by atoms with Gasteiger partial charge in [0.15, 0.2) is 0 Å². The lowest BCUT2D eigenvalue weighted by molar-refractivity contribution is -0.0128. The zero-order chi connectivity index (χ0) is 14.1. The van der Waals surface area contributed by atoms with Crippen LogP contribution < -0.4 is 16.4 Å². The first-order valence-corrected chi connectivity index (χ1v) is 6.64. The molecule has 3 rings (SSSR count). The second-order valence-electron chi connectivity index (χ2n) is 5.18. The van der Waals surface area contributed by atoms with Gasteiger partial charge in [-0.15, -0.1) is 0 Å². The van der Waals surface area contributed by atoms with Crippen LogP contribution in [0, 0.1) is 17.2 Å². The van der Waals surface area contributed by atoms with Gasteiger partial charge in [-0.3, -0.25) is 0 Å². The molecule has 1 heterocycles. The summed E-state index contributed by atoms with van der Waals surface area (Å²) in [7, 11) is 0. The molecule has 4 N–H and O–H groups in total. The summed E-state index contributed by atoms with van der Waals surface area (Å²) >= 11 is 0. The maximum atomic E-state index is 11.9. The Morgan fingerprint density at radius 2 is 2.35 bits per heavy atom. The van der Waals surface area contributed by atoms with Crippen molar-refractivity contribution in [2.75, 3.05) is 11.9 Å². The molecule has 4 atom stereocenters. The fourth-order valence-corrected chi connectivity index (χ4v) is 2.91. The third kappa shape index (κ3) is 2.22. The molecule has 2 aliphatic rings. The first kappa shape index (κ1) is 12.9. The summed E-state index contributed by atoms with van der Waals surface area (Å²) < 4.78 is 5.56. The number of carbonyl (C=O) groups excluding carboxylic acids is 1. The predicted molar refractivity (Wildman–Crippen MR) is 72.9 cm³/mol. The normalized spacial score (nSPS) is 30.8. The highest BCUT2D eigenvalue weighted by atomic mass is 16.5. The van der Waals surface area contributed by atoms with Crippen LogP contribution >= 0.6 is 0 Å². The van der Waals surface area contributed by atoms with Crippen LogP contribution in [0.4, 0.5) is 10.5 Å². The molecule has 0 bridgehead atoms. The number of rotatable bonds is 2. The van der Waals surface area contributed by atoms with E-state index in [4.69, 9.17) is 15.7 Å². The lowest BCUT2D eigenvalue weighted by Gasteiger charge is -2.45. The van der Waals surface area contributed by atoms with Gasteiger partial charge in [-0.1, -0.05) is 6.07 Å². The molecule has 2 fully saturated rings. The number of nitriles is 1. The van der Waals surface area contributed by atoms with Crippen LogP contribution in [-0.4, -0.2) is 30.8 Å². The highest BCUT2D eigenvalue weighted by Crippen LogP contribution is 2.37. The van der Waals surface area contributed by atoms with Crippen LogP contribution in [0.2, 0.25) is 0 Å². The number of amides is 2. The molecule has 1 saturated heterocycles. The van der Waals surface area contributed by atoms with E-state index in [9.17, 15) is 4.79 Å². The topological polar surface area (TPSA) is 100 Å². The summed E-state index contributed by atoms with van der Waals surface area (Å²) in [6.45, 7) is 0.715. The molecule has 0 radical (unpaired) electrons. The van der Waals surface area contributed by atoms with E-state index < -0.39 is 0 Å². The van der Waals surface area contributed by atoms with Gasteiger partial charge in [-0.05, 0) is 24.6 Å². The van der Waals surface area contributed by atoms with Gasteiger partial charge in [0, 0.05) is 24.3 Å². The smallest absolute Gasteiger partial charge is 0.319 e. The van der Waals surface area contributed by atoms with Crippen LogP contribution in [0.5, 0.6) is 0 Å². The number of carbonyl (C=O) groups is 1. The highest BCUT2D eigenvalue weighted by molar-refractivity contribution is 5.89. The lowest BCUT2D eigenvalue weighted by Crippen LogP contribution is -2.69. The SMILES string of the molecule is N#Cc1cccc(NC(=O)NC2C(N)C3CCOC32)c1. The molecule has 6 nitrogen and oxygen atoms in total. The average molecular weight is 272 g/mol. The Kier molecular flexibility index (Phi) is 3.30. The van der Waals surface area contributed by atoms with E-state index in [-0.39, 0.29) is 24.2 Å². The van der Waals surface area contributed by atoms with E-state index in [2.05, 4.69) is 10.6 Å². The zero-order valence-corrected chi connectivity index (χ0v) is 10.9. The van der Waals surface area contributed by atoms with Crippen molar-refractivity contribution in [2.45, 2.75) is 24.6 Å². The maximum absolute atomic E-state index is 11.9. The number of benzene rings is 1. The van der Waals surface area contributed by atoms with E-state index in [0.29, 0.717) is 23.8 Å². The molecular weight excluding hydrogens is 256 g/mol. The second kappa shape index (κ2) is 5.12. The van der Waals surface area contributed by atoms with E-state index in [1.54, 1.807) is 24.3 Å². The fraction of sp³-hybridized carbons (Fsp3) is 0.429. The summed E-state index contributed by atoms with van der Waals surface area (Å²) in [5, 5.41) is 14.4. The quantitative estimate of drug-likeness (QED) is 0.741. The third-order valence-electron chi connectivity index (χ3n) is 3.99. The van der Waals surface area contributed by atoms with Crippen molar-refractivity contribution in [3.05, 3.63) is 29.8 Å². The molecular formula is C14H16N4O2. The second-order valence-corrected chi connectivity index (χ2v) is 5.18. The monoisotopic (exact) mass is 272 g/mol. The number of nitrogens with two attached hydrogens (primary N) is 1. The van der Waals surface area contributed by atoms with Gasteiger partial charge in [-0.25, -0.2) is 4.79 Å². The maximum Gasteiger partial charge on any atom is 0.319 e. The van der Waals surface area contributed by atoms with Crippen molar-refractivity contribution in [3.63, 3.8) is 0 Å². The van der Waals surface area contributed by atoms with Crippen molar-refractivity contribution in [2.24, 2.45) is 11.7 Å². The summed E-state index contributed by atoms with van der Waals surface area (Å²) in [4.78, 5) is 11.9. The van der Waals surface area contributed by atoms with Crippen molar-refractivity contribution >= 4 is 11.7 Å². The number of hydrogen-bond acceptors (Lipinski definition) is 4. The van der Waals surface area contributed by atoms with Crippen molar-refractivity contribution in [3.8, 4) is 6.07 Å². The molecule has 1 aliphatic carbocycles. The molecule has 1 aromatic carbocycles. The van der Waals surface area contributed by atoms with Crippen LogP contribution in [-0.2, 0) is 4.74 Å². The Morgan fingerprint density at radius 1 is 1.50 bits per heavy atom. The largest absolute Gasteiger partial charge is 0.376 e. The third-order valence-corrected chi connectivity index (χ3v) is 3.99. The molecule has 1 saturated carbocycles. The minimum Gasteiger partial charge on any atom is -0.376 e. The van der Waals surface area contributed by atoms with Crippen LogP contribution in [0.15, 0.2) is 24.3 Å². The van der Waals surface area contributed by atoms with E-state index in [1.807, 2.05) is 6.07 Å². The Balaban J connectivity index is 1.59. The van der Waals surface area contributed by atoms with Crippen molar-refractivity contribution in [1.29, 1.82) is 5.26 Å². The summed E-state index contributed by atoms with van der Waals surface area (Å²) in [5.74, 6) is 0.363. The Labute approximate surface area is 116 Å². The molecule has 2 amide bonds.